The van der Waals surface area contributed by atoms with Gasteiger partial charge in [-0.1, -0.05) is 47.5 Å². The predicted octanol–water partition coefficient (Wildman–Crippen LogP) is 5.28. The van der Waals surface area contributed by atoms with E-state index in [-0.39, 0.29) is 0 Å². The number of nitrogens with one attached hydrogen (secondary N) is 1. The number of hydrogen-bond acceptors (Lipinski definition) is 1. The molecule has 1 aliphatic carbocycles. The van der Waals surface area contributed by atoms with Gasteiger partial charge in [0.1, 0.15) is 0 Å². The van der Waals surface area contributed by atoms with Gasteiger partial charge in [-0.3, -0.25) is 0 Å². The highest BCUT2D eigenvalue weighted by molar-refractivity contribution is 5.59. The summed E-state index contributed by atoms with van der Waals surface area (Å²) < 4.78 is 0. The summed E-state index contributed by atoms with van der Waals surface area (Å²) >= 11 is 0. The van der Waals surface area contributed by atoms with Gasteiger partial charge in [-0.05, 0) is 63.1 Å². The molecule has 1 N–H and O–H groups in total. The standard InChI is InChI=1S/C20H25N/c1-13-6-5-7-17(10-13)18-11-19(12-18)21-20-15(3)8-14(2)9-16(20)4/h5-10,18-19,21H,11-12H2,1-4H3. The van der Waals surface area contributed by atoms with Crippen molar-refractivity contribution in [3.8, 4) is 0 Å². The topological polar surface area (TPSA) is 12.0 Å². The lowest BCUT2D eigenvalue weighted by Crippen LogP contribution is -2.34. The maximum absolute atomic E-state index is 3.76. The Morgan fingerprint density at radius 3 is 2.14 bits per heavy atom. The molecule has 0 heterocycles. The molecule has 110 valence electrons. The smallest absolute Gasteiger partial charge is 0.0401 e. The Bertz CT molecular complexity index is 628. The van der Waals surface area contributed by atoms with Gasteiger partial charge < -0.3 is 5.32 Å². The molecule has 0 amide bonds. The Hall–Kier alpha value is -1.76. The molecule has 1 saturated carbocycles. The van der Waals surface area contributed by atoms with Crippen LogP contribution in [-0.2, 0) is 0 Å². The second-order valence-electron chi connectivity index (χ2n) is 6.70. The highest BCUT2D eigenvalue weighted by atomic mass is 14.9. The molecule has 21 heavy (non-hydrogen) atoms. The summed E-state index contributed by atoms with van der Waals surface area (Å²) in [6.07, 6.45) is 2.49. The van der Waals surface area contributed by atoms with E-state index in [1.165, 1.54) is 46.3 Å². The van der Waals surface area contributed by atoms with E-state index in [2.05, 4.69) is 69.4 Å². The first-order valence-electron chi connectivity index (χ1n) is 7.94. The van der Waals surface area contributed by atoms with E-state index in [0.717, 1.165) is 5.92 Å². The lowest BCUT2D eigenvalue weighted by Gasteiger charge is -2.37. The monoisotopic (exact) mass is 279 g/mol. The minimum Gasteiger partial charge on any atom is -0.382 e. The van der Waals surface area contributed by atoms with Crippen LogP contribution in [0.5, 0.6) is 0 Å². The molecular formula is C20H25N. The zero-order valence-corrected chi connectivity index (χ0v) is 13.5. The average molecular weight is 279 g/mol. The van der Waals surface area contributed by atoms with Gasteiger partial charge in [-0.25, -0.2) is 0 Å². The quantitative estimate of drug-likeness (QED) is 0.806. The molecule has 0 saturated heterocycles. The number of hydrogen-bond donors (Lipinski definition) is 1. The largest absolute Gasteiger partial charge is 0.382 e. The van der Waals surface area contributed by atoms with Crippen molar-refractivity contribution in [2.75, 3.05) is 5.32 Å². The van der Waals surface area contributed by atoms with Crippen molar-refractivity contribution in [2.24, 2.45) is 0 Å². The van der Waals surface area contributed by atoms with E-state index in [9.17, 15) is 0 Å². The van der Waals surface area contributed by atoms with Crippen molar-refractivity contribution in [1.82, 2.24) is 0 Å². The molecule has 0 aliphatic heterocycles. The van der Waals surface area contributed by atoms with Crippen molar-refractivity contribution >= 4 is 5.69 Å². The summed E-state index contributed by atoms with van der Waals surface area (Å²) in [5.41, 5.74) is 8.30. The van der Waals surface area contributed by atoms with Gasteiger partial charge >= 0.3 is 0 Å². The molecule has 0 spiro atoms. The highest BCUT2D eigenvalue weighted by Gasteiger charge is 2.30. The molecule has 0 aromatic heterocycles. The zero-order valence-electron chi connectivity index (χ0n) is 13.5. The van der Waals surface area contributed by atoms with Crippen LogP contribution in [0.15, 0.2) is 36.4 Å². The number of anilines is 1. The van der Waals surface area contributed by atoms with Crippen LogP contribution in [-0.4, -0.2) is 6.04 Å². The first kappa shape index (κ1) is 14.2. The van der Waals surface area contributed by atoms with Gasteiger partial charge in [0, 0.05) is 11.7 Å². The fourth-order valence-electron chi connectivity index (χ4n) is 3.54. The van der Waals surface area contributed by atoms with Gasteiger partial charge in [0.2, 0.25) is 0 Å². The third kappa shape index (κ3) is 2.97. The van der Waals surface area contributed by atoms with Crippen LogP contribution in [0.3, 0.4) is 0 Å². The number of rotatable bonds is 3. The average Bonchev–Trinajstić information content (AvgIpc) is 2.35. The summed E-state index contributed by atoms with van der Waals surface area (Å²) in [7, 11) is 0. The summed E-state index contributed by atoms with van der Waals surface area (Å²) in [4.78, 5) is 0. The summed E-state index contributed by atoms with van der Waals surface area (Å²) in [5, 5.41) is 3.76. The first-order chi connectivity index (χ1) is 10.0. The lowest BCUT2D eigenvalue weighted by molar-refractivity contribution is 0.374. The van der Waals surface area contributed by atoms with E-state index in [0.29, 0.717) is 6.04 Å². The van der Waals surface area contributed by atoms with Crippen molar-refractivity contribution in [1.29, 1.82) is 0 Å². The van der Waals surface area contributed by atoms with E-state index >= 15 is 0 Å². The normalized spacial score (nSPS) is 21.0. The van der Waals surface area contributed by atoms with Crippen LogP contribution in [0, 0.1) is 27.7 Å². The van der Waals surface area contributed by atoms with Crippen molar-refractivity contribution < 1.29 is 0 Å². The molecule has 2 aromatic carbocycles. The second kappa shape index (κ2) is 5.55. The third-order valence-corrected chi connectivity index (χ3v) is 4.68. The van der Waals surface area contributed by atoms with Crippen LogP contribution in [0.4, 0.5) is 5.69 Å². The predicted molar refractivity (Wildman–Crippen MR) is 91.2 cm³/mol. The van der Waals surface area contributed by atoms with Crippen molar-refractivity contribution in [3.05, 3.63) is 64.2 Å². The molecule has 2 aromatic rings. The molecule has 0 bridgehead atoms. The zero-order chi connectivity index (χ0) is 15.0. The van der Waals surface area contributed by atoms with Gasteiger partial charge in [0.15, 0.2) is 0 Å². The molecule has 3 rings (SSSR count). The molecular weight excluding hydrogens is 254 g/mol. The maximum atomic E-state index is 3.76. The summed E-state index contributed by atoms with van der Waals surface area (Å²) in [6.45, 7) is 8.76. The first-order valence-corrected chi connectivity index (χ1v) is 7.94. The Labute approximate surface area is 128 Å². The van der Waals surface area contributed by atoms with E-state index in [1.54, 1.807) is 0 Å². The lowest BCUT2D eigenvalue weighted by atomic mass is 9.75. The van der Waals surface area contributed by atoms with Gasteiger partial charge in [0.05, 0.1) is 0 Å². The SMILES string of the molecule is Cc1cccc(C2CC(Nc3c(C)cc(C)cc3C)C2)c1. The molecule has 1 aliphatic rings. The fraction of sp³-hybridized carbons (Fsp3) is 0.400. The maximum Gasteiger partial charge on any atom is 0.0401 e. The van der Waals surface area contributed by atoms with Crippen molar-refractivity contribution in [3.63, 3.8) is 0 Å². The molecule has 0 unspecified atom stereocenters. The molecule has 1 nitrogen and oxygen atoms in total. The van der Waals surface area contributed by atoms with E-state index in [4.69, 9.17) is 0 Å². The van der Waals surface area contributed by atoms with Gasteiger partial charge in [-0.15, -0.1) is 0 Å². The minimum absolute atomic E-state index is 0.621. The minimum atomic E-state index is 0.621. The Morgan fingerprint density at radius 1 is 0.857 bits per heavy atom. The van der Waals surface area contributed by atoms with Crippen LogP contribution in [0.2, 0.25) is 0 Å². The van der Waals surface area contributed by atoms with Gasteiger partial charge in [0.25, 0.3) is 0 Å². The summed E-state index contributed by atoms with van der Waals surface area (Å²) in [6, 6.07) is 14.1. The molecule has 0 radical (unpaired) electrons. The third-order valence-electron chi connectivity index (χ3n) is 4.68. The molecule has 1 heteroatoms. The number of benzene rings is 2. The number of aryl methyl sites for hydroxylation is 4. The fourth-order valence-corrected chi connectivity index (χ4v) is 3.54. The van der Waals surface area contributed by atoms with Crippen LogP contribution >= 0.6 is 0 Å². The molecule has 1 fully saturated rings. The van der Waals surface area contributed by atoms with Crippen molar-refractivity contribution in [2.45, 2.75) is 52.5 Å². The van der Waals surface area contributed by atoms with E-state index < -0.39 is 0 Å². The highest BCUT2D eigenvalue weighted by Crippen LogP contribution is 2.39. The summed E-state index contributed by atoms with van der Waals surface area (Å²) in [5.74, 6) is 0.730. The Balaban J connectivity index is 1.65. The van der Waals surface area contributed by atoms with Crippen LogP contribution < -0.4 is 5.32 Å². The molecule has 0 atom stereocenters. The van der Waals surface area contributed by atoms with Gasteiger partial charge in [-0.2, -0.15) is 0 Å². The Morgan fingerprint density at radius 2 is 1.52 bits per heavy atom. The van der Waals surface area contributed by atoms with E-state index in [1.807, 2.05) is 0 Å². The Kier molecular flexibility index (Phi) is 3.75. The van der Waals surface area contributed by atoms with Crippen LogP contribution in [0.1, 0.15) is 46.6 Å². The van der Waals surface area contributed by atoms with Crippen LogP contribution in [0.25, 0.3) is 0 Å². The second-order valence-corrected chi connectivity index (χ2v) is 6.70.